The number of nitrogens with one attached hydrogen (secondary N) is 2. The van der Waals surface area contributed by atoms with E-state index in [9.17, 15) is 9.59 Å². The molecule has 8 nitrogen and oxygen atoms in total. The second-order valence-corrected chi connectivity index (χ2v) is 8.06. The van der Waals surface area contributed by atoms with E-state index in [4.69, 9.17) is 18.9 Å². The zero-order valence-corrected chi connectivity index (χ0v) is 17.6. The van der Waals surface area contributed by atoms with E-state index in [0.717, 1.165) is 5.56 Å². The molecule has 0 aliphatic heterocycles. The van der Waals surface area contributed by atoms with Crippen LogP contribution in [0.15, 0.2) is 30.3 Å². The molecular weight excluding hydrogens is 376 g/mol. The molecule has 2 N–H and O–H groups in total. The predicted molar refractivity (Wildman–Crippen MR) is 107 cm³/mol. The number of carbonyl (C=O) groups is 2. The van der Waals surface area contributed by atoms with Crippen molar-refractivity contribution in [1.29, 1.82) is 0 Å². The molecule has 1 amide bonds. The third-order valence-electron chi connectivity index (χ3n) is 4.38. The van der Waals surface area contributed by atoms with Gasteiger partial charge in [0.15, 0.2) is 0 Å². The molecule has 162 valence electrons. The zero-order valence-electron chi connectivity index (χ0n) is 17.6. The Morgan fingerprint density at radius 1 is 1.14 bits per heavy atom. The fourth-order valence-electron chi connectivity index (χ4n) is 3.13. The number of hydrogen-bond acceptors (Lipinski definition) is 7. The Morgan fingerprint density at radius 2 is 1.86 bits per heavy atom. The molecule has 0 radical (unpaired) electrons. The van der Waals surface area contributed by atoms with Gasteiger partial charge in [-0.25, -0.2) is 4.79 Å². The van der Waals surface area contributed by atoms with Gasteiger partial charge in [-0.15, -0.1) is 0 Å². The Hall–Kier alpha value is -2.16. The van der Waals surface area contributed by atoms with Crippen LogP contribution in [0.25, 0.3) is 0 Å². The van der Waals surface area contributed by atoms with Gasteiger partial charge in [0.1, 0.15) is 19.0 Å². The number of amides is 1. The Kier molecular flexibility index (Phi) is 8.88. The average molecular weight is 408 g/mol. The van der Waals surface area contributed by atoms with Crippen molar-refractivity contribution in [2.24, 2.45) is 0 Å². The van der Waals surface area contributed by atoms with E-state index in [1.807, 2.05) is 51.1 Å². The van der Waals surface area contributed by atoms with Crippen LogP contribution >= 0.6 is 0 Å². The van der Waals surface area contributed by atoms with E-state index in [0.29, 0.717) is 12.8 Å². The summed E-state index contributed by atoms with van der Waals surface area (Å²) in [6.45, 7) is 5.90. The van der Waals surface area contributed by atoms with Crippen molar-refractivity contribution in [3.63, 3.8) is 0 Å². The lowest BCUT2D eigenvalue weighted by molar-refractivity contribution is -0.144. The van der Waals surface area contributed by atoms with Gasteiger partial charge in [-0.1, -0.05) is 30.3 Å². The summed E-state index contributed by atoms with van der Waals surface area (Å²) in [6.07, 6.45) is 0.520. The van der Waals surface area contributed by atoms with Crippen molar-refractivity contribution >= 4 is 12.1 Å². The first kappa shape index (κ1) is 23.1. The third kappa shape index (κ3) is 8.81. The Labute approximate surface area is 172 Å². The van der Waals surface area contributed by atoms with Gasteiger partial charge in [0.2, 0.25) is 0 Å². The van der Waals surface area contributed by atoms with Crippen LogP contribution in [0.1, 0.15) is 39.2 Å². The largest absolute Gasteiger partial charge is 0.460 e. The minimum atomic E-state index is -0.578. The first-order valence-electron chi connectivity index (χ1n) is 9.80. The van der Waals surface area contributed by atoms with Gasteiger partial charge in [-0.3, -0.25) is 4.79 Å². The summed E-state index contributed by atoms with van der Waals surface area (Å²) in [5.41, 5.74) is 0.363. The fourth-order valence-corrected chi connectivity index (χ4v) is 3.13. The van der Waals surface area contributed by atoms with E-state index in [1.165, 1.54) is 0 Å². The summed E-state index contributed by atoms with van der Waals surface area (Å²) in [6, 6.07) is 9.29. The minimum absolute atomic E-state index is 0.000989. The van der Waals surface area contributed by atoms with E-state index in [2.05, 4.69) is 10.6 Å². The summed E-state index contributed by atoms with van der Waals surface area (Å²) in [7, 11) is 1.55. The molecule has 1 saturated carbocycles. The number of alkyl carbamates (subject to hydrolysis) is 1. The number of benzene rings is 1. The minimum Gasteiger partial charge on any atom is -0.460 e. The fraction of sp³-hybridized carbons (Fsp3) is 0.619. The highest BCUT2D eigenvalue weighted by molar-refractivity contribution is 5.71. The maximum Gasteiger partial charge on any atom is 0.407 e. The van der Waals surface area contributed by atoms with E-state index >= 15 is 0 Å². The maximum atomic E-state index is 12.1. The number of ether oxygens (including phenoxy) is 4. The zero-order chi connectivity index (χ0) is 21.3. The molecule has 1 aliphatic carbocycles. The average Bonchev–Trinajstić information content (AvgIpc) is 3.03. The summed E-state index contributed by atoms with van der Waals surface area (Å²) >= 11 is 0. The highest BCUT2D eigenvalue weighted by Crippen LogP contribution is 2.23. The maximum absolute atomic E-state index is 12.1. The second-order valence-electron chi connectivity index (χ2n) is 8.06. The Balaban J connectivity index is 1.79. The lowest BCUT2D eigenvalue weighted by atomic mass is 10.2. The van der Waals surface area contributed by atoms with Gasteiger partial charge >= 0.3 is 12.1 Å². The highest BCUT2D eigenvalue weighted by Gasteiger charge is 2.37. The number of esters is 1. The molecule has 8 heteroatoms. The molecule has 0 aromatic heterocycles. The summed E-state index contributed by atoms with van der Waals surface area (Å²) in [5.74, 6) is -0.327. The molecule has 0 bridgehead atoms. The molecule has 1 aromatic carbocycles. The van der Waals surface area contributed by atoms with Gasteiger partial charge < -0.3 is 29.6 Å². The normalized spacial score (nSPS) is 21.6. The first-order chi connectivity index (χ1) is 13.8. The monoisotopic (exact) mass is 408 g/mol. The molecule has 2 rings (SSSR count). The van der Waals surface area contributed by atoms with Gasteiger partial charge in [-0.05, 0) is 39.2 Å². The van der Waals surface area contributed by atoms with E-state index in [-0.39, 0.29) is 44.1 Å². The quantitative estimate of drug-likeness (QED) is 0.478. The molecule has 3 atom stereocenters. The number of rotatable bonds is 9. The lowest BCUT2D eigenvalue weighted by Gasteiger charge is -2.24. The molecule has 1 aliphatic rings. The van der Waals surface area contributed by atoms with E-state index in [1.54, 1.807) is 7.11 Å². The van der Waals surface area contributed by atoms with Crippen LogP contribution in [0.3, 0.4) is 0 Å². The van der Waals surface area contributed by atoms with Crippen LogP contribution in [0.2, 0.25) is 0 Å². The SMILES string of the molecule is COCO[C@@H]1C[C@@H](NCC(=O)OCc2ccccc2)C[C@H]1NC(=O)OC(C)(C)C. The van der Waals surface area contributed by atoms with Gasteiger partial charge in [0.25, 0.3) is 0 Å². The van der Waals surface area contributed by atoms with Gasteiger partial charge in [-0.2, -0.15) is 0 Å². The van der Waals surface area contributed by atoms with Crippen molar-refractivity contribution in [3.05, 3.63) is 35.9 Å². The third-order valence-corrected chi connectivity index (χ3v) is 4.38. The standard InChI is InChI=1S/C21H32N2O6/c1-21(2,3)29-20(25)23-17-10-16(11-18(17)28-14-26-4)22-12-19(24)27-13-15-8-6-5-7-9-15/h5-9,16-18,22H,10-14H2,1-4H3,(H,23,25)/t16-,17+,18+/m0/s1. The highest BCUT2D eigenvalue weighted by atomic mass is 16.7. The molecule has 1 aromatic rings. The summed E-state index contributed by atoms with van der Waals surface area (Å²) in [4.78, 5) is 24.1. The van der Waals surface area contributed by atoms with Crippen LogP contribution in [0, 0.1) is 0 Å². The smallest absolute Gasteiger partial charge is 0.407 e. The summed E-state index contributed by atoms with van der Waals surface area (Å²) in [5, 5.41) is 6.05. The Bertz CT molecular complexity index is 646. The van der Waals surface area contributed by atoms with Crippen molar-refractivity contribution in [2.75, 3.05) is 20.4 Å². The van der Waals surface area contributed by atoms with Gasteiger partial charge in [0.05, 0.1) is 18.7 Å². The Morgan fingerprint density at radius 3 is 2.52 bits per heavy atom. The molecular formula is C21H32N2O6. The molecule has 0 spiro atoms. The van der Waals surface area contributed by atoms with Crippen molar-refractivity contribution < 1.29 is 28.5 Å². The van der Waals surface area contributed by atoms with Crippen molar-refractivity contribution in [1.82, 2.24) is 10.6 Å². The van der Waals surface area contributed by atoms with E-state index < -0.39 is 11.7 Å². The van der Waals surface area contributed by atoms with Crippen LogP contribution in [-0.2, 0) is 30.3 Å². The molecule has 0 heterocycles. The first-order valence-corrected chi connectivity index (χ1v) is 9.80. The lowest BCUT2D eigenvalue weighted by Crippen LogP contribution is -2.44. The molecule has 0 unspecified atom stereocenters. The number of carbonyl (C=O) groups excluding carboxylic acids is 2. The predicted octanol–water partition coefficient (Wildman–Crippen LogP) is 2.36. The van der Waals surface area contributed by atoms with Crippen LogP contribution in [0.5, 0.6) is 0 Å². The molecule has 0 saturated heterocycles. The van der Waals surface area contributed by atoms with Gasteiger partial charge in [0, 0.05) is 13.2 Å². The van der Waals surface area contributed by atoms with Crippen molar-refractivity contribution in [2.45, 2.75) is 64.0 Å². The van der Waals surface area contributed by atoms with Crippen LogP contribution < -0.4 is 10.6 Å². The van der Waals surface area contributed by atoms with Crippen LogP contribution in [0.4, 0.5) is 4.79 Å². The number of methoxy groups -OCH3 is 1. The summed E-state index contributed by atoms with van der Waals surface area (Å²) < 4.78 is 21.3. The topological polar surface area (TPSA) is 95.1 Å². The second kappa shape index (κ2) is 11.1. The van der Waals surface area contributed by atoms with Crippen LogP contribution in [-0.4, -0.2) is 56.3 Å². The van der Waals surface area contributed by atoms with Crippen molar-refractivity contribution in [3.8, 4) is 0 Å². The number of hydrogen-bond donors (Lipinski definition) is 2. The molecule has 29 heavy (non-hydrogen) atoms. The molecule has 1 fully saturated rings.